The molecule has 4 atom stereocenters. The fraction of sp³-hybridized carbons (Fsp3) is 0.941. The molecule has 5 heteroatoms. The Labute approximate surface area is 133 Å². The van der Waals surface area contributed by atoms with Gasteiger partial charge in [-0.3, -0.25) is 9.69 Å². The zero-order chi connectivity index (χ0) is 15.5. The third kappa shape index (κ3) is 1.79. The molecular formula is C17H29N3O2. The number of carbonyl (C=O) groups is 1. The lowest BCUT2D eigenvalue weighted by molar-refractivity contribution is -0.231. The van der Waals surface area contributed by atoms with E-state index in [0.717, 1.165) is 39.1 Å². The van der Waals surface area contributed by atoms with Crippen molar-refractivity contribution in [3.63, 3.8) is 0 Å². The fourth-order valence-corrected chi connectivity index (χ4v) is 5.45. The third-order valence-electron chi connectivity index (χ3n) is 6.91. The van der Waals surface area contributed by atoms with Gasteiger partial charge in [0.2, 0.25) is 5.91 Å². The minimum absolute atomic E-state index is 0.156. The summed E-state index contributed by atoms with van der Waals surface area (Å²) in [7, 11) is 0. The molecule has 0 aromatic carbocycles. The van der Waals surface area contributed by atoms with Gasteiger partial charge in [0.15, 0.2) is 0 Å². The highest BCUT2D eigenvalue weighted by molar-refractivity contribution is 5.89. The summed E-state index contributed by atoms with van der Waals surface area (Å²) >= 11 is 0. The molecule has 4 rings (SSSR count). The van der Waals surface area contributed by atoms with Gasteiger partial charge in [-0.05, 0) is 32.2 Å². The average Bonchev–Trinajstić information content (AvgIpc) is 3.00. The first kappa shape index (κ1) is 14.9. The predicted molar refractivity (Wildman–Crippen MR) is 84.3 cm³/mol. The van der Waals surface area contributed by atoms with Crippen LogP contribution in [0.3, 0.4) is 0 Å². The Hall–Kier alpha value is -0.650. The maximum Gasteiger partial charge on any atom is 0.243 e. The van der Waals surface area contributed by atoms with Crippen LogP contribution in [0.1, 0.15) is 39.5 Å². The maximum absolute atomic E-state index is 13.3. The molecule has 0 aromatic heterocycles. The van der Waals surface area contributed by atoms with Crippen molar-refractivity contribution < 1.29 is 9.53 Å². The van der Waals surface area contributed by atoms with Crippen LogP contribution in [0, 0.1) is 11.3 Å². The number of hydrogen-bond donors (Lipinski definition) is 1. The monoisotopic (exact) mass is 307 g/mol. The SMILES string of the molecule is CC1(C)C2OCCCC2C1(N)C(=O)N1CCN2CCCC2C1. The van der Waals surface area contributed by atoms with Crippen molar-refractivity contribution in [3.8, 4) is 0 Å². The Kier molecular flexibility index (Phi) is 3.34. The van der Waals surface area contributed by atoms with Crippen molar-refractivity contribution in [2.24, 2.45) is 17.1 Å². The summed E-state index contributed by atoms with van der Waals surface area (Å²) in [6, 6.07) is 0.558. The fourth-order valence-electron chi connectivity index (χ4n) is 5.45. The standard InChI is InChI=1S/C17H29N3O2/c1-16(2)14-13(6-4-10-22-14)17(16,18)15(21)20-9-8-19-7-3-5-12(19)11-20/h12-14H,3-11,18H2,1-2H3. The van der Waals surface area contributed by atoms with Crippen LogP contribution in [-0.2, 0) is 9.53 Å². The molecule has 1 saturated carbocycles. The van der Waals surface area contributed by atoms with Crippen LogP contribution < -0.4 is 5.73 Å². The lowest BCUT2D eigenvalue weighted by atomic mass is 9.46. The molecule has 124 valence electrons. The Morgan fingerprint density at radius 3 is 2.82 bits per heavy atom. The van der Waals surface area contributed by atoms with E-state index in [1.165, 1.54) is 19.4 Å². The molecule has 0 radical (unpaired) electrons. The number of rotatable bonds is 1. The van der Waals surface area contributed by atoms with E-state index in [1.807, 2.05) is 0 Å². The lowest BCUT2D eigenvalue weighted by Gasteiger charge is -2.66. The van der Waals surface area contributed by atoms with E-state index >= 15 is 0 Å². The lowest BCUT2D eigenvalue weighted by Crippen LogP contribution is -2.83. The van der Waals surface area contributed by atoms with Crippen molar-refractivity contribution in [1.82, 2.24) is 9.80 Å². The molecule has 4 aliphatic rings. The van der Waals surface area contributed by atoms with Crippen LogP contribution >= 0.6 is 0 Å². The molecule has 5 nitrogen and oxygen atoms in total. The summed E-state index contributed by atoms with van der Waals surface area (Å²) in [5.74, 6) is 0.376. The summed E-state index contributed by atoms with van der Waals surface area (Å²) < 4.78 is 5.94. The number of nitrogens with zero attached hydrogens (tertiary/aromatic N) is 2. The van der Waals surface area contributed by atoms with Gasteiger partial charge < -0.3 is 15.4 Å². The van der Waals surface area contributed by atoms with Crippen LogP contribution in [0.15, 0.2) is 0 Å². The van der Waals surface area contributed by atoms with Crippen LogP contribution in [0.2, 0.25) is 0 Å². The van der Waals surface area contributed by atoms with Crippen LogP contribution in [0.4, 0.5) is 0 Å². The van der Waals surface area contributed by atoms with Crippen molar-refractivity contribution in [2.45, 2.75) is 57.2 Å². The van der Waals surface area contributed by atoms with E-state index in [1.54, 1.807) is 0 Å². The summed E-state index contributed by atoms with van der Waals surface area (Å²) in [5.41, 5.74) is 5.76. The molecule has 4 unspecified atom stereocenters. The van der Waals surface area contributed by atoms with Gasteiger partial charge in [0.25, 0.3) is 0 Å². The number of piperazine rings is 1. The van der Waals surface area contributed by atoms with Gasteiger partial charge in [0.05, 0.1) is 6.10 Å². The van der Waals surface area contributed by atoms with E-state index in [0.29, 0.717) is 6.04 Å². The molecular weight excluding hydrogens is 278 g/mol. The largest absolute Gasteiger partial charge is 0.377 e. The number of fused-ring (bicyclic) bond motifs is 2. The number of amides is 1. The van der Waals surface area contributed by atoms with Gasteiger partial charge in [-0.1, -0.05) is 13.8 Å². The number of nitrogens with two attached hydrogens (primary N) is 1. The van der Waals surface area contributed by atoms with Gasteiger partial charge >= 0.3 is 0 Å². The molecule has 1 aliphatic carbocycles. The Balaban J connectivity index is 1.54. The zero-order valence-electron chi connectivity index (χ0n) is 13.9. The summed E-state index contributed by atoms with van der Waals surface area (Å²) in [5, 5.41) is 0. The number of ether oxygens (including phenoxy) is 1. The van der Waals surface area contributed by atoms with Crippen molar-refractivity contribution in [1.29, 1.82) is 0 Å². The number of carbonyl (C=O) groups excluding carboxylic acids is 1. The van der Waals surface area contributed by atoms with Crippen LogP contribution in [-0.4, -0.2) is 66.2 Å². The number of hydrogen-bond acceptors (Lipinski definition) is 4. The van der Waals surface area contributed by atoms with E-state index in [-0.39, 0.29) is 23.3 Å². The highest BCUT2D eigenvalue weighted by Gasteiger charge is 2.71. The van der Waals surface area contributed by atoms with Gasteiger partial charge in [0.1, 0.15) is 5.54 Å². The first-order valence-corrected chi connectivity index (χ1v) is 8.90. The highest BCUT2D eigenvalue weighted by atomic mass is 16.5. The first-order chi connectivity index (χ1) is 10.5. The summed E-state index contributed by atoms with van der Waals surface area (Å²) in [4.78, 5) is 17.9. The van der Waals surface area contributed by atoms with Crippen LogP contribution in [0.25, 0.3) is 0 Å². The molecule has 1 amide bonds. The second-order valence-corrected chi connectivity index (χ2v) is 8.21. The summed E-state index contributed by atoms with van der Waals surface area (Å²) in [6.07, 6.45) is 4.70. The van der Waals surface area contributed by atoms with Crippen molar-refractivity contribution >= 4 is 5.91 Å². The minimum Gasteiger partial charge on any atom is -0.377 e. The topological polar surface area (TPSA) is 58.8 Å². The van der Waals surface area contributed by atoms with E-state index in [4.69, 9.17) is 10.5 Å². The zero-order valence-corrected chi connectivity index (χ0v) is 13.9. The molecule has 3 saturated heterocycles. The van der Waals surface area contributed by atoms with E-state index in [9.17, 15) is 4.79 Å². The Morgan fingerprint density at radius 2 is 2.00 bits per heavy atom. The molecule has 0 aromatic rings. The Morgan fingerprint density at radius 1 is 1.18 bits per heavy atom. The molecule has 0 spiro atoms. The van der Waals surface area contributed by atoms with Gasteiger partial charge in [-0.25, -0.2) is 0 Å². The molecule has 4 fully saturated rings. The molecule has 2 N–H and O–H groups in total. The molecule has 0 bridgehead atoms. The second kappa shape index (κ2) is 4.92. The minimum atomic E-state index is -0.737. The molecule has 22 heavy (non-hydrogen) atoms. The van der Waals surface area contributed by atoms with Crippen molar-refractivity contribution in [2.75, 3.05) is 32.8 Å². The summed E-state index contributed by atoms with van der Waals surface area (Å²) in [6.45, 7) is 8.96. The Bertz CT molecular complexity index is 481. The molecule has 3 aliphatic heterocycles. The molecule has 3 heterocycles. The van der Waals surface area contributed by atoms with Gasteiger partial charge in [-0.15, -0.1) is 0 Å². The third-order valence-corrected chi connectivity index (χ3v) is 6.91. The quantitative estimate of drug-likeness (QED) is 0.779. The smallest absolute Gasteiger partial charge is 0.243 e. The first-order valence-electron chi connectivity index (χ1n) is 8.90. The predicted octanol–water partition coefficient (Wildman–Crippen LogP) is 0.826. The average molecular weight is 307 g/mol. The normalized spacial score (nSPS) is 44.1. The second-order valence-electron chi connectivity index (χ2n) is 8.21. The van der Waals surface area contributed by atoms with Gasteiger partial charge in [-0.2, -0.15) is 0 Å². The van der Waals surface area contributed by atoms with E-state index < -0.39 is 5.54 Å². The van der Waals surface area contributed by atoms with Crippen molar-refractivity contribution in [3.05, 3.63) is 0 Å². The highest BCUT2D eigenvalue weighted by Crippen LogP contribution is 2.58. The van der Waals surface area contributed by atoms with Crippen LogP contribution in [0.5, 0.6) is 0 Å². The maximum atomic E-state index is 13.3. The van der Waals surface area contributed by atoms with Gasteiger partial charge in [0, 0.05) is 43.6 Å². The van der Waals surface area contributed by atoms with E-state index in [2.05, 4.69) is 23.6 Å².